The Morgan fingerprint density at radius 3 is 3.00 bits per heavy atom. The van der Waals surface area contributed by atoms with E-state index < -0.39 is 0 Å². The second-order valence-corrected chi connectivity index (χ2v) is 5.00. The molecule has 1 aliphatic rings. The van der Waals surface area contributed by atoms with Crippen LogP contribution in [0.25, 0.3) is 0 Å². The van der Waals surface area contributed by atoms with Gasteiger partial charge in [-0.25, -0.2) is 0 Å². The molecule has 0 spiro atoms. The van der Waals surface area contributed by atoms with Crippen LogP contribution in [0.2, 0.25) is 0 Å². The first-order chi connectivity index (χ1) is 9.78. The quantitative estimate of drug-likeness (QED) is 0.801. The Morgan fingerprint density at radius 1 is 1.45 bits per heavy atom. The van der Waals surface area contributed by atoms with Crippen molar-refractivity contribution in [3.05, 3.63) is 48.6 Å². The van der Waals surface area contributed by atoms with Gasteiger partial charge in [0.1, 0.15) is 0 Å². The van der Waals surface area contributed by atoms with Crippen LogP contribution in [0.15, 0.2) is 43.0 Å². The van der Waals surface area contributed by atoms with Crippen molar-refractivity contribution in [1.82, 2.24) is 10.2 Å². The molecule has 0 bridgehead atoms. The largest absolute Gasteiger partial charge is 0.375 e. The number of benzene rings is 1. The molecule has 1 fully saturated rings. The molecular weight excluding hydrogens is 252 g/mol. The third kappa shape index (κ3) is 4.79. The lowest BCUT2D eigenvalue weighted by molar-refractivity contribution is -0.116. The first-order valence-corrected chi connectivity index (χ1v) is 7.06. The number of amides is 1. The van der Waals surface area contributed by atoms with E-state index in [9.17, 15) is 4.79 Å². The van der Waals surface area contributed by atoms with Crippen molar-refractivity contribution in [1.29, 1.82) is 0 Å². The zero-order valence-electron chi connectivity index (χ0n) is 11.8. The first kappa shape index (κ1) is 14.8. The molecule has 1 aromatic carbocycles. The smallest absolute Gasteiger partial charge is 0.243 e. The highest BCUT2D eigenvalue weighted by atomic mass is 16.5. The maximum Gasteiger partial charge on any atom is 0.243 e. The molecule has 20 heavy (non-hydrogen) atoms. The fraction of sp³-hybridized carbons (Fsp3) is 0.438. The molecule has 0 aromatic heterocycles. The highest BCUT2D eigenvalue weighted by Gasteiger charge is 2.20. The predicted molar refractivity (Wildman–Crippen MR) is 79.3 cm³/mol. The molecule has 4 heteroatoms. The van der Waals surface area contributed by atoms with Gasteiger partial charge < -0.3 is 10.1 Å². The van der Waals surface area contributed by atoms with Gasteiger partial charge in [0, 0.05) is 26.2 Å². The van der Waals surface area contributed by atoms with Crippen LogP contribution in [0.3, 0.4) is 0 Å². The van der Waals surface area contributed by atoms with E-state index in [1.807, 2.05) is 6.07 Å². The summed E-state index contributed by atoms with van der Waals surface area (Å²) in [5, 5.41) is 2.79. The summed E-state index contributed by atoms with van der Waals surface area (Å²) in [6, 6.07) is 10.5. The number of nitrogens with zero attached hydrogens (tertiary/aromatic N) is 1. The molecule has 0 radical (unpaired) electrons. The average Bonchev–Trinajstić information content (AvgIpc) is 2.48. The molecule has 1 heterocycles. The predicted octanol–water partition coefficient (Wildman–Crippen LogP) is 1.58. The summed E-state index contributed by atoms with van der Waals surface area (Å²) < 4.78 is 5.74. The van der Waals surface area contributed by atoms with Crippen LogP contribution in [0.4, 0.5) is 0 Å². The Balaban J connectivity index is 1.74. The Hall–Kier alpha value is -1.65. The topological polar surface area (TPSA) is 41.6 Å². The molecule has 1 N–H and O–H groups in total. The summed E-state index contributed by atoms with van der Waals surface area (Å²) in [6.07, 6.45) is 2.33. The van der Waals surface area contributed by atoms with E-state index in [2.05, 4.69) is 41.1 Å². The van der Waals surface area contributed by atoms with Crippen LogP contribution in [0.5, 0.6) is 0 Å². The van der Waals surface area contributed by atoms with Crippen LogP contribution in [-0.4, -0.2) is 43.2 Å². The van der Waals surface area contributed by atoms with Gasteiger partial charge in [0.2, 0.25) is 5.91 Å². The number of nitrogens with one attached hydrogen (secondary N) is 1. The van der Waals surface area contributed by atoms with Crippen molar-refractivity contribution in [2.24, 2.45) is 0 Å². The van der Waals surface area contributed by atoms with Gasteiger partial charge in [-0.05, 0) is 18.1 Å². The number of morpholine rings is 1. The zero-order valence-corrected chi connectivity index (χ0v) is 11.8. The van der Waals surface area contributed by atoms with Gasteiger partial charge in [-0.1, -0.05) is 36.9 Å². The van der Waals surface area contributed by atoms with Gasteiger partial charge >= 0.3 is 0 Å². The Morgan fingerprint density at radius 2 is 2.25 bits per heavy atom. The zero-order chi connectivity index (χ0) is 14.2. The SMILES string of the molecule is C=CC(=O)NCCC1CN(Cc2ccccc2)CCO1. The minimum Gasteiger partial charge on any atom is -0.375 e. The van der Waals surface area contributed by atoms with Crippen LogP contribution in [0.1, 0.15) is 12.0 Å². The van der Waals surface area contributed by atoms with Gasteiger partial charge in [-0.15, -0.1) is 0 Å². The third-order valence-corrected chi connectivity index (χ3v) is 3.42. The van der Waals surface area contributed by atoms with E-state index in [4.69, 9.17) is 4.74 Å². The van der Waals surface area contributed by atoms with E-state index in [-0.39, 0.29) is 12.0 Å². The summed E-state index contributed by atoms with van der Waals surface area (Å²) in [5.41, 5.74) is 1.33. The lowest BCUT2D eigenvalue weighted by Gasteiger charge is -2.33. The molecule has 2 rings (SSSR count). The molecule has 1 aliphatic heterocycles. The van der Waals surface area contributed by atoms with E-state index in [1.54, 1.807) is 0 Å². The Bertz CT molecular complexity index is 433. The van der Waals surface area contributed by atoms with Crippen molar-refractivity contribution in [2.45, 2.75) is 19.1 Å². The molecule has 1 atom stereocenters. The minimum absolute atomic E-state index is 0.123. The van der Waals surface area contributed by atoms with Gasteiger partial charge in [-0.2, -0.15) is 0 Å². The molecular formula is C16H22N2O2. The third-order valence-electron chi connectivity index (χ3n) is 3.42. The lowest BCUT2D eigenvalue weighted by atomic mass is 10.1. The van der Waals surface area contributed by atoms with Gasteiger partial charge in [0.15, 0.2) is 0 Å². The van der Waals surface area contributed by atoms with Crippen molar-refractivity contribution < 1.29 is 9.53 Å². The summed E-state index contributed by atoms with van der Waals surface area (Å²) >= 11 is 0. The molecule has 1 unspecified atom stereocenters. The van der Waals surface area contributed by atoms with Gasteiger partial charge in [0.05, 0.1) is 12.7 Å². The monoisotopic (exact) mass is 274 g/mol. The van der Waals surface area contributed by atoms with Crippen molar-refractivity contribution >= 4 is 5.91 Å². The number of hydrogen-bond donors (Lipinski definition) is 1. The van der Waals surface area contributed by atoms with Crippen LogP contribution < -0.4 is 5.32 Å². The molecule has 108 valence electrons. The summed E-state index contributed by atoms with van der Waals surface area (Å²) in [6.45, 7) is 7.66. The van der Waals surface area contributed by atoms with Crippen molar-refractivity contribution in [2.75, 3.05) is 26.2 Å². The first-order valence-electron chi connectivity index (χ1n) is 7.06. The Kier molecular flexibility index (Phi) is 5.77. The fourth-order valence-corrected chi connectivity index (χ4v) is 2.37. The molecule has 1 amide bonds. The standard InChI is InChI=1S/C16H22N2O2/c1-2-16(19)17-9-8-15-13-18(10-11-20-15)12-14-6-4-3-5-7-14/h2-7,15H,1,8-13H2,(H,17,19). The lowest BCUT2D eigenvalue weighted by Crippen LogP contribution is -2.43. The molecule has 0 saturated carbocycles. The summed E-state index contributed by atoms with van der Waals surface area (Å²) in [4.78, 5) is 13.5. The minimum atomic E-state index is -0.123. The number of rotatable bonds is 6. The number of ether oxygens (including phenoxy) is 1. The number of carbonyl (C=O) groups excluding carboxylic acids is 1. The number of hydrogen-bond acceptors (Lipinski definition) is 3. The van der Waals surface area contributed by atoms with Crippen LogP contribution in [-0.2, 0) is 16.1 Å². The molecule has 1 saturated heterocycles. The van der Waals surface area contributed by atoms with Gasteiger partial charge in [-0.3, -0.25) is 9.69 Å². The second-order valence-electron chi connectivity index (χ2n) is 5.00. The van der Waals surface area contributed by atoms with E-state index in [0.717, 1.165) is 32.7 Å². The Labute approximate surface area is 120 Å². The van der Waals surface area contributed by atoms with E-state index in [1.165, 1.54) is 11.6 Å². The van der Waals surface area contributed by atoms with Crippen molar-refractivity contribution in [3.8, 4) is 0 Å². The highest BCUT2D eigenvalue weighted by Crippen LogP contribution is 2.12. The normalized spacial score (nSPS) is 19.5. The fourth-order valence-electron chi connectivity index (χ4n) is 2.37. The summed E-state index contributed by atoms with van der Waals surface area (Å²) in [5.74, 6) is -0.123. The highest BCUT2D eigenvalue weighted by molar-refractivity contribution is 5.86. The molecule has 4 nitrogen and oxygen atoms in total. The second kappa shape index (κ2) is 7.82. The van der Waals surface area contributed by atoms with Crippen LogP contribution in [0, 0.1) is 0 Å². The van der Waals surface area contributed by atoms with E-state index >= 15 is 0 Å². The number of carbonyl (C=O) groups is 1. The van der Waals surface area contributed by atoms with Crippen molar-refractivity contribution in [3.63, 3.8) is 0 Å². The van der Waals surface area contributed by atoms with E-state index in [0.29, 0.717) is 6.54 Å². The molecule has 1 aromatic rings. The average molecular weight is 274 g/mol. The maximum atomic E-state index is 11.1. The summed E-state index contributed by atoms with van der Waals surface area (Å²) in [7, 11) is 0. The maximum absolute atomic E-state index is 11.1. The van der Waals surface area contributed by atoms with Gasteiger partial charge in [0.25, 0.3) is 0 Å². The molecule has 0 aliphatic carbocycles. The van der Waals surface area contributed by atoms with Crippen LogP contribution >= 0.6 is 0 Å².